The van der Waals surface area contributed by atoms with Gasteiger partial charge >= 0.3 is 0 Å². The first-order valence-electron chi connectivity index (χ1n) is 11.3. The number of hydrogen-bond acceptors (Lipinski definition) is 3. The van der Waals surface area contributed by atoms with Crippen molar-refractivity contribution in [3.63, 3.8) is 0 Å². The van der Waals surface area contributed by atoms with Crippen LogP contribution in [0.2, 0.25) is 0 Å². The Morgan fingerprint density at radius 1 is 1.03 bits per heavy atom. The van der Waals surface area contributed by atoms with Gasteiger partial charge in [0, 0.05) is 50.0 Å². The molecule has 180 valence electrons. The van der Waals surface area contributed by atoms with E-state index in [0.717, 1.165) is 23.5 Å². The zero-order valence-corrected chi connectivity index (χ0v) is 19.7. The van der Waals surface area contributed by atoms with Gasteiger partial charge in [-0.1, -0.05) is 26.8 Å². The smallest absolute Gasteiger partial charge is 0.259 e. The van der Waals surface area contributed by atoms with Crippen molar-refractivity contribution < 1.29 is 22.7 Å². The summed E-state index contributed by atoms with van der Waals surface area (Å²) in [4.78, 5) is 14.0. The van der Waals surface area contributed by atoms with Gasteiger partial charge in [-0.25, -0.2) is 13.2 Å². The van der Waals surface area contributed by atoms with E-state index in [2.05, 4.69) is 25.9 Å². The van der Waals surface area contributed by atoms with Crippen LogP contribution in [0.5, 0.6) is 5.75 Å². The van der Waals surface area contributed by atoms with Crippen LogP contribution < -0.4 is 4.74 Å². The Morgan fingerprint density at radius 3 is 2.26 bits per heavy atom. The molecule has 2 heterocycles. The molecule has 1 aliphatic heterocycles. The number of aryl methyl sites for hydroxylation is 1. The van der Waals surface area contributed by atoms with E-state index in [0.29, 0.717) is 24.2 Å². The first-order chi connectivity index (χ1) is 16.0. The summed E-state index contributed by atoms with van der Waals surface area (Å²) >= 11 is 0. The van der Waals surface area contributed by atoms with Crippen LogP contribution in [0.1, 0.15) is 49.7 Å². The predicted octanol–water partition coefficient (Wildman–Crippen LogP) is 5.49. The summed E-state index contributed by atoms with van der Waals surface area (Å²) in [5.74, 6) is -2.46. The monoisotopic (exact) mass is 471 g/mol. The third kappa shape index (κ3) is 4.95. The second kappa shape index (κ2) is 9.16. The zero-order chi connectivity index (χ0) is 24.6. The quantitative estimate of drug-likeness (QED) is 0.506. The second-order valence-corrected chi connectivity index (χ2v) is 9.67. The van der Waals surface area contributed by atoms with Crippen LogP contribution in [-0.2, 0) is 12.5 Å². The van der Waals surface area contributed by atoms with Crippen molar-refractivity contribution in [2.24, 2.45) is 7.05 Å². The van der Waals surface area contributed by atoms with Gasteiger partial charge in [-0.15, -0.1) is 0 Å². The van der Waals surface area contributed by atoms with Gasteiger partial charge in [0.25, 0.3) is 5.91 Å². The van der Waals surface area contributed by atoms with E-state index in [9.17, 15) is 18.0 Å². The number of rotatable bonds is 4. The SMILES string of the molecule is Cn1nc(C(C)(C)C)cc1-c1cc(F)cc(OC2CCN(C(=O)c3c(F)cccc3F)CC2)c1. The van der Waals surface area contributed by atoms with Crippen LogP contribution >= 0.6 is 0 Å². The van der Waals surface area contributed by atoms with E-state index in [1.54, 1.807) is 10.7 Å². The van der Waals surface area contributed by atoms with Gasteiger partial charge in [0.15, 0.2) is 0 Å². The van der Waals surface area contributed by atoms with Gasteiger partial charge in [0.2, 0.25) is 0 Å². The number of hydrogen-bond donors (Lipinski definition) is 0. The Morgan fingerprint density at radius 2 is 1.68 bits per heavy atom. The molecule has 1 saturated heterocycles. The van der Waals surface area contributed by atoms with Gasteiger partial charge in [-0.2, -0.15) is 5.10 Å². The lowest BCUT2D eigenvalue weighted by Gasteiger charge is -2.32. The van der Waals surface area contributed by atoms with Gasteiger partial charge in [0.1, 0.15) is 34.9 Å². The van der Waals surface area contributed by atoms with E-state index in [1.807, 2.05) is 13.1 Å². The van der Waals surface area contributed by atoms with Crippen LogP contribution in [0.4, 0.5) is 13.2 Å². The number of benzene rings is 2. The van der Waals surface area contributed by atoms with Crippen LogP contribution in [0.25, 0.3) is 11.3 Å². The van der Waals surface area contributed by atoms with E-state index in [1.165, 1.54) is 23.1 Å². The molecule has 3 aromatic rings. The number of carbonyl (C=O) groups excluding carboxylic acids is 1. The van der Waals surface area contributed by atoms with Crippen molar-refractivity contribution in [3.8, 4) is 17.0 Å². The number of carbonyl (C=O) groups is 1. The predicted molar refractivity (Wildman–Crippen MR) is 123 cm³/mol. The molecule has 0 unspecified atom stereocenters. The van der Waals surface area contributed by atoms with Crippen molar-refractivity contribution in [1.82, 2.24) is 14.7 Å². The Balaban J connectivity index is 1.45. The molecule has 4 rings (SSSR count). The normalized spacial score (nSPS) is 15.0. The average molecular weight is 472 g/mol. The summed E-state index contributed by atoms with van der Waals surface area (Å²) in [5, 5.41) is 4.56. The minimum absolute atomic E-state index is 0.139. The number of likely N-dealkylation sites (tertiary alicyclic amines) is 1. The molecule has 0 N–H and O–H groups in total. The molecule has 2 aromatic carbocycles. The molecular formula is C26H28F3N3O2. The van der Waals surface area contributed by atoms with Crippen LogP contribution in [0, 0.1) is 17.5 Å². The molecule has 1 aliphatic rings. The lowest BCUT2D eigenvalue weighted by Crippen LogP contribution is -2.42. The number of piperidine rings is 1. The van der Waals surface area contributed by atoms with Gasteiger partial charge < -0.3 is 9.64 Å². The fraction of sp³-hybridized carbons (Fsp3) is 0.385. The third-order valence-electron chi connectivity index (χ3n) is 6.02. The van der Waals surface area contributed by atoms with Crippen molar-refractivity contribution in [3.05, 3.63) is 71.2 Å². The summed E-state index contributed by atoms with van der Waals surface area (Å²) in [6, 6.07) is 9.87. The molecule has 5 nitrogen and oxygen atoms in total. The van der Waals surface area contributed by atoms with Crippen LogP contribution in [0.15, 0.2) is 42.5 Å². The Kier molecular flexibility index (Phi) is 6.43. The second-order valence-electron chi connectivity index (χ2n) is 9.67. The van der Waals surface area contributed by atoms with Gasteiger partial charge in [-0.05, 0) is 30.3 Å². The summed E-state index contributed by atoms with van der Waals surface area (Å²) in [6.07, 6.45) is 0.682. The highest BCUT2D eigenvalue weighted by atomic mass is 19.1. The molecular weight excluding hydrogens is 443 g/mol. The molecule has 0 bridgehead atoms. The largest absolute Gasteiger partial charge is 0.490 e. The summed E-state index contributed by atoms with van der Waals surface area (Å²) in [6.45, 7) is 6.77. The first-order valence-corrected chi connectivity index (χ1v) is 11.3. The number of amides is 1. The first kappa shape index (κ1) is 23.9. The average Bonchev–Trinajstić information content (AvgIpc) is 3.16. The maximum absolute atomic E-state index is 14.4. The molecule has 1 aromatic heterocycles. The van der Waals surface area contributed by atoms with Crippen molar-refractivity contribution in [2.75, 3.05) is 13.1 Å². The fourth-order valence-electron chi connectivity index (χ4n) is 4.11. The highest BCUT2D eigenvalue weighted by Crippen LogP contribution is 2.31. The van der Waals surface area contributed by atoms with Crippen LogP contribution in [0.3, 0.4) is 0 Å². The summed E-state index contributed by atoms with van der Waals surface area (Å²) in [7, 11) is 1.82. The van der Waals surface area contributed by atoms with E-state index >= 15 is 0 Å². The standard InChI is InChI=1S/C26H28F3N3O2/c1-26(2,3)23-15-22(31(4)30-23)16-12-17(27)14-19(13-16)34-18-8-10-32(11-9-18)25(33)24-20(28)6-5-7-21(24)29/h5-7,12-15,18H,8-11H2,1-4H3. The topological polar surface area (TPSA) is 47.4 Å². The zero-order valence-electron chi connectivity index (χ0n) is 19.7. The molecule has 0 aliphatic carbocycles. The molecule has 8 heteroatoms. The minimum Gasteiger partial charge on any atom is -0.490 e. The van der Waals surface area contributed by atoms with Gasteiger partial charge in [0.05, 0.1) is 11.4 Å². The highest BCUT2D eigenvalue weighted by molar-refractivity contribution is 5.94. The molecule has 34 heavy (non-hydrogen) atoms. The third-order valence-corrected chi connectivity index (χ3v) is 6.02. The number of ether oxygens (including phenoxy) is 1. The maximum atomic E-state index is 14.4. The lowest BCUT2D eigenvalue weighted by molar-refractivity contribution is 0.0586. The van der Waals surface area contributed by atoms with E-state index in [4.69, 9.17) is 4.74 Å². The van der Waals surface area contributed by atoms with Crippen molar-refractivity contribution in [1.29, 1.82) is 0 Å². The van der Waals surface area contributed by atoms with E-state index in [-0.39, 0.29) is 24.6 Å². The Hall–Kier alpha value is -3.29. The molecule has 0 saturated carbocycles. The Labute approximate surface area is 197 Å². The number of halogens is 3. The Bertz CT molecular complexity index is 1190. The number of aromatic nitrogens is 2. The lowest BCUT2D eigenvalue weighted by atomic mass is 9.92. The van der Waals surface area contributed by atoms with Crippen LogP contribution in [-0.4, -0.2) is 39.8 Å². The fourth-order valence-corrected chi connectivity index (χ4v) is 4.11. The van der Waals surface area contributed by atoms with Gasteiger partial charge in [-0.3, -0.25) is 9.48 Å². The van der Waals surface area contributed by atoms with Crippen molar-refractivity contribution in [2.45, 2.75) is 45.1 Å². The maximum Gasteiger partial charge on any atom is 0.259 e. The summed E-state index contributed by atoms with van der Waals surface area (Å²) in [5.41, 5.74) is 1.66. The summed E-state index contributed by atoms with van der Waals surface area (Å²) < 4.78 is 50.2. The highest BCUT2D eigenvalue weighted by Gasteiger charge is 2.28. The molecule has 0 spiro atoms. The molecule has 0 radical (unpaired) electrons. The van der Waals surface area contributed by atoms with Crippen molar-refractivity contribution >= 4 is 5.91 Å². The molecule has 1 amide bonds. The molecule has 0 atom stereocenters. The van der Waals surface area contributed by atoms with E-state index < -0.39 is 28.9 Å². The molecule has 1 fully saturated rings. The minimum atomic E-state index is -0.875. The number of nitrogens with zero attached hydrogens (tertiary/aromatic N) is 3.